The summed E-state index contributed by atoms with van der Waals surface area (Å²) in [7, 11) is 0. The summed E-state index contributed by atoms with van der Waals surface area (Å²) in [4.78, 5) is 13.0. The first kappa shape index (κ1) is 13.6. The van der Waals surface area contributed by atoms with E-state index in [9.17, 15) is 4.79 Å². The van der Waals surface area contributed by atoms with Crippen LogP contribution in [0.15, 0.2) is 34.8 Å². The Bertz CT molecular complexity index is 582. The number of hydrogen-bond acceptors (Lipinski definition) is 2. The van der Waals surface area contributed by atoms with Gasteiger partial charge in [-0.2, -0.15) is 0 Å². The highest BCUT2D eigenvalue weighted by molar-refractivity contribution is 9.10. The third kappa shape index (κ3) is 3.34. The van der Waals surface area contributed by atoms with Crippen LogP contribution in [-0.4, -0.2) is 5.91 Å². The van der Waals surface area contributed by atoms with Gasteiger partial charge in [0.1, 0.15) is 0 Å². The van der Waals surface area contributed by atoms with Crippen LogP contribution >= 0.6 is 38.9 Å². The number of carbonyl (C=O) groups excluding carboxylic acids is 1. The molecule has 1 aromatic heterocycles. The van der Waals surface area contributed by atoms with Gasteiger partial charge in [0.25, 0.3) is 5.91 Å². The standard InChI is InChI=1S/C13H11BrClNOS/c1-8-2-3-9(6-11(8)14)13(17)16-7-10-4-5-12(15)18-10/h2-6H,7H2,1H3,(H,16,17). The van der Waals surface area contributed by atoms with Crippen molar-refractivity contribution in [2.24, 2.45) is 0 Å². The number of aryl methyl sites for hydroxylation is 1. The lowest BCUT2D eigenvalue weighted by atomic mass is 10.1. The number of rotatable bonds is 3. The van der Waals surface area contributed by atoms with Crippen molar-refractivity contribution in [2.45, 2.75) is 13.5 Å². The molecule has 0 saturated heterocycles. The van der Waals surface area contributed by atoms with Crippen molar-refractivity contribution in [3.8, 4) is 0 Å². The molecule has 0 aliphatic heterocycles. The Hall–Kier alpha value is -0.840. The van der Waals surface area contributed by atoms with E-state index in [4.69, 9.17) is 11.6 Å². The van der Waals surface area contributed by atoms with Crippen molar-refractivity contribution in [3.05, 3.63) is 55.1 Å². The van der Waals surface area contributed by atoms with Crippen molar-refractivity contribution >= 4 is 44.8 Å². The smallest absolute Gasteiger partial charge is 0.251 e. The van der Waals surface area contributed by atoms with E-state index in [2.05, 4.69) is 21.2 Å². The van der Waals surface area contributed by atoms with Gasteiger partial charge in [0.05, 0.1) is 10.9 Å². The molecule has 0 unspecified atom stereocenters. The second kappa shape index (κ2) is 5.87. The second-order valence-corrected chi connectivity index (χ2v) is 6.51. The Morgan fingerprint density at radius 3 is 2.78 bits per heavy atom. The highest BCUT2D eigenvalue weighted by Crippen LogP contribution is 2.21. The fraction of sp³-hybridized carbons (Fsp3) is 0.154. The zero-order chi connectivity index (χ0) is 13.1. The van der Waals surface area contributed by atoms with Crippen molar-refractivity contribution < 1.29 is 4.79 Å². The van der Waals surface area contributed by atoms with Crippen LogP contribution in [0.5, 0.6) is 0 Å². The van der Waals surface area contributed by atoms with Crippen LogP contribution in [0.2, 0.25) is 4.34 Å². The summed E-state index contributed by atoms with van der Waals surface area (Å²) < 4.78 is 1.67. The number of carbonyl (C=O) groups is 1. The summed E-state index contributed by atoms with van der Waals surface area (Å²) in [5.74, 6) is -0.0831. The maximum absolute atomic E-state index is 11.9. The molecule has 0 spiro atoms. The maximum atomic E-state index is 11.9. The van der Waals surface area contributed by atoms with E-state index < -0.39 is 0 Å². The van der Waals surface area contributed by atoms with Gasteiger partial charge in [-0.15, -0.1) is 11.3 Å². The minimum atomic E-state index is -0.0831. The summed E-state index contributed by atoms with van der Waals surface area (Å²) in [6, 6.07) is 9.30. The summed E-state index contributed by atoms with van der Waals surface area (Å²) in [5, 5.41) is 2.87. The lowest BCUT2D eigenvalue weighted by Gasteiger charge is -2.05. The maximum Gasteiger partial charge on any atom is 0.251 e. The largest absolute Gasteiger partial charge is 0.347 e. The lowest BCUT2D eigenvalue weighted by Crippen LogP contribution is -2.22. The van der Waals surface area contributed by atoms with E-state index in [1.807, 2.05) is 37.3 Å². The van der Waals surface area contributed by atoms with Gasteiger partial charge in [-0.1, -0.05) is 33.6 Å². The van der Waals surface area contributed by atoms with Crippen molar-refractivity contribution in [1.29, 1.82) is 0 Å². The number of thiophene rings is 1. The highest BCUT2D eigenvalue weighted by Gasteiger charge is 2.07. The van der Waals surface area contributed by atoms with Crippen molar-refractivity contribution in [3.63, 3.8) is 0 Å². The Balaban J connectivity index is 2.01. The van der Waals surface area contributed by atoms with E-state index in [1.54, 1.807) is 0 Å². The SMILES string of the molecule is Cc1ccc(C(=O)NCc2ccc(Cl)s2)cc1Br. The third-order valence-electron chi connectivity index (χ3n) is 2.49. The third-order valence-corrected chi connectivity index (χ3v) is 4.57. The number of nitrogens with one attached hydrogen (secondary N) is 1. The number of hydrogen-bond donors (Lipinski definition) is 1. The normalized spacial score (nSPS) is 10.4. The van der Waals surface area contributed by atoms with E-state index >= 15 is 0 Å². The number of benzene rings is 1. The molecule has 1 amide bonds. The summed E-state index contributed by atoms with van der Waals surface area (Å²) in [6.45, 7) is 2.49. The predicted octanol–water partition coefficient (Wildman–Crippen LogP) is 4.40. The van der Waals surface area contributed by atoms with Gasteiger partial charge in [-0.05, 0) is 36.8 Å². The highest BCUT2D eigenvalue weighted by atomic mass is 79.9. The summed E-state index contributed by atoms with van der Waals surface area (Å²) >= 11 is 10.7. The van der Waals surface area contributed by atoms with Crippen LogP contribution in [0.1, 0.15) is 20.8 Å². The van der Waals surface area contributed by atoms with Gasteiger partial charge in [0, 0.05) is 14.9 Å². The molecule has 0 atom stereocenters. The van der Waals surface area contributed by atoms with Crippen LogP contribution in [0.3, 0.4) is 0 Å². The Labute approximate surface area is 123 Å². The van der Waals surface area contributed by atoms with Crippen LogP contribution < -0.4 is 5.32 Å². The number of halogens is 2. The van der Waals surface area contributed by atoms with Crippen molar-refractivity contribution in [1.82, 2.24) is 5.32 Å². The van der Waals surface area contributed by atoms with Gasteiger partial charge in [-0.25, -0.2) is 0 Å². The predicted molar refractivity (Wildman–Crippen MR) is 79.4 cm³/mol. The first-order valence-electron chi connectivity index (χ1n) is 5.35. The van der Waals surface area contributed by atoms with Crippen LogP contribution in [0.25, 0.3) is 0 Å². The molecule has 2 rings (SSSR count). The molecule has 0 aliphatic rings. The molecule has 18 heavy (non-hydrogen) atoms. The van der Waals surface area contributed by atoms with E-state index in [0.717, 1.165) is 19.2 Å². The quantitative estimate of drug-likeness (QED) is 0.878. The summed E-state index contributed by atoms with van der Waals surface area (Å²) in [6.07, 6.45) is 0. The van der Waals surface area contributed by atoms with Crippen LogP contribution in [0, 0.1) is 6.92 Å². The zero-order valence-corrected chi connectivity index (χ0v) is 12.8. The summed E-state index contributed by atoms with van der Waals surface area (Å²) in [5.41, 5.74) is 1.76. The fourth-order valence-corrected chi connectivity index (χ4v) is 2.86. The van der Waals surface area contributed by atoms with Gasteiger partial charge in [-0.3, -0.25) is 4.79 Å². The van der Waals surface area contributed by atoms with Crippen molar-refractivity contribution in [2.75, 3.05) is 0 Å². The van der Waals surface area contributed by atoms with E-state index in [-0.39, 0.29) is 5.91 Å². The van der Waals surface area contributed by atoms with Gasteiger partial charge in [0.2, 0.25) is 0 Å². The number of amides is 1. The second-order valence-electron chi connectivity index (χ2n) is 3.85. The lowest BCUT2D eigenvalue weighted by molar-refractivity contribution is 0.0951. The molecule has 1 heterocycles. The van der Waals surface area contributed by atoms with E-state index in [1.165, 1.54) is 11.3 Å². The molecular weight excluding hydrogens is 334 g/mol. The molecule has 94 valence electrons. The Kier molecular flexibility index (Phi) is 4.43. The minimum absolute atomic E-state index is 0.0831. The monoisotopic (exact) mass is 343 g/mol. The average Bonchev–Trinajstić information content (AvgIpc) is 2.75. The van der Waals surface area contributed by atoms with Crippen LogP contribution in [0.4, 0.5) is 0 Å². The molecule has 0 aliphatic carbocycles. The van der Waals surface area contributed by atoms with Crippen LogP contribution in [-0.2, 0) is 6.54 Å². The molecule has 2 nitrogen and oxygen atoms in total. The fourth-order valence-electron chi connectivity index (χ4n) is 1.45. The Morgan fingerprint density at radius 1 is 1.39 bits per heavy atom. The molecule has 1 aromatic carbocycles. The molecule has 0 fully saturated rings. The molecule has 0 radical (unpaired) electrons. The molecular formula is C13H11BrClNOS. The first-order chi connectivity index (χ1) is 8.56. The Morgan fingerprint density at radius 2 is 2.17 bits per heavy atom. The molecule has 5 heteroatoms. The van der Waals surface area contributed by atoms with E-state index in [0.29, 0.717) is 12.1 Å². The molecule has 0 bridgehead atoms. The molecule has 1 N–H and O–H groups in total. The topological polar surface area (TPSA) is 29.1 Å². The molecule has 0 saturated carbocycles. The van der Waals surface area contributed by atoms with Gasteiger partial charge < -0.3 is 5.32 Å². The minimum Gasteiger partial charge on any atom is -0.347 e. The van der Waals surface area contributed by atoms with Gasteiger partial charge in [0.15, 0.2) is 0 Å². The zero-order valence-electron chi connectivity index (χ0n) is 9.67. The average molecular weight is 345 g/mol. The first-order valence-corrected chi connectivity index (χ1v) is 7.33. The van der Waals surface area contributed by atoms with Gasteiger partial charge >= 0.3 is 0 Å². The molecule has 2 aromatic rings.